The van der Waals surface area contributed by atoms with Crippen LogP contribution in [0.4, 0.5) is 0 Å². The summed E-state index contributed by atoms with van der Waals surface area (Å²) in [5, 5.41) is 0.453. The van der Waals surface area contributed by atoms with Crippen molar-refractivity contribution in [2.45, 2.75) is 0 Å². The summed E-state index contributed by atoms with van der Waals surface area (Å²) in [5.41, 5.74) is 8.10. The molecule has 0 unspecified atom stereocenters. The Kier molecular flexibility index (Phi) is 4.04. The zero-order chi connectivity index (χ0) is 15.5. The highest BCUT2D eigenvalue weighted by molar-refractivity contribution is 7.16. The first-order chi connectivity index (χ1) is 10.6. The first kappa shape index (κ1) is 14.5. The molecule has 2 aromatic carbocycles. The maximum atomic E-state index is 12.0. The Morgan fingerprint density at radius 3 is 2.45 bits per heavy atom. The fourth-order valence-corrected chi connectivity index (χ4v) is 2.79. The molecule has 22 heavy (non-hydrogen) atoms. The molecule has 3 aromatic rings. The quantitative estimate of drug-likeness (QED) is 0.709. The fourth-order valence-electron chi connectivity index (χ4n) is 1.88. The highest BCUT2D eigenvalue weighted by Gasteiger charge is 2.10. The van der Waals surface area contributed by atoms with E-state index in [1.807, 2.05) is 0 Å². The summed E-state index contributed by atoms with van der Waals surface area (Å²) >= 11 is 7.27. The molecule has 0 aliphatic carbocycles. The monoisotopic (exact) mass is 331 g/mol. The van der Waals surface area contributed by atoms with Gasteiger partial charge in [0.2, 0.25) is 0 Å². The maximum Gasteiger partial charge on any atom is 0.269 e. The standard InChI is InChI=1S/C15H10ClN3O2S/c16-11-3-1-2-9(6-11)14(20)18-19-15(21)10-4-5-12-13(7-10)22-8-17-12/h1-8H,(H,18,20)(H,19,21). The average Bonchev–Trinajstić information content (AvgIpc) is 2.99. The molecule has 1 aromatic heterocycles. The third kappa shape index (κ3) is 3.08. The zero-order valence-electron chi connectivity index (χ0n) is 11.2. The first-order valence-corrected chi connectivity index (χ1v) is 7.59. The van der Waals surface area contributed by atoms with Crippen LogP contribution in [0.2, 0.25) is 5.02 Å². The Balaban J connectivity index is 1.67. The number of aromatic nitrogens is 1. The Morgan fingerprint density at radius 2 is 1.73 bits per heavy atom. The molecule has 0 spiro atoms. The molecule has 3 rings (SSSR count). The molecule has 0 bridgehead atoms. The molecule has 0 fully saturated rings. The van der Waals surface area contributed by atoms with Gasteiger partial charge in [-0.25, -0.2) is 4.98 Å². The van der Waals surface area contributed by atoms with Gasteiger partial charge in [-0.05, 0) is 36.4 Å². The van der Waals surface area contributed by atoms with Gasteiger partial charge in [-0.15, -0.1) is 11.3 Å². The summed E-state index contributed by atoms with van der Waals surface area (Å²) in [6.07, 6.45) is 0. The van der Waals surface area contributed by atoms with Gasteiger partial charge in [0.25, 0.3) is 11.8 Å². The van der Waals surface area contributed by atoms with Gasteiger partial charge >= 0.3 is 0 Å². The van der Waals surface area contributed by atoms with E-state index in [-0.39, 0.29) is 0 Å². The van der Waals surface area contributed by atoms with Crippen molar-refractivity contribution in [2.75, 3.05) is 0 Å². The molecular weight excluding hydrogens is 322 g/mol. The SMILES string of the molecule is O=C(NNC(=O)c1ccc2ncsc2c1)c1cccc(Cl)c1. The number of rotatable bonds is 2. The summed E-state index contributed by atoms with van der Waals surface area (Å²) in [4.78, 5) is 28.1. The van der Waals surface area contributed by atoms with Crippen LogP contribution in [0.1, 0.15) is 20.7 Å². The van der Waals surface area contributed by atoms with Gasteiger partial charge in [0.15, 0.2) is 0 Å². The highest BCUT2D eigenvalue weighted by Crippen LogP contribution is 2.18. The zero-order valence-corrected chi connectivity index (χ0v) is 12.7. The predicted molar refractivity (Wildman–Crippen MR) is 86.0 cm³/mol. The Hall–Kier alpha value is -2.44. The molecule has 5 nitrogen and oxygen atoms in total. The minimum Gasteiger partial charge on any atom is -0.267 e. The fraction of sp³-hybridized carbons (Fsp3) is 0. The van der Waals surface area contributed by atoms with Gasteiger partial charge in [0.05, 0.1) is 15.7 Å². The van der Waals surface area contributed by atoms with Gasteiger partial charge in [-0.2, -0.15) is 0 Å². The highest BCUT2D eigenvalue weighted by atomic mass is 35.5. The van der Waals surface area contributed by atoms with Crippen molar-refractivity contribution in [2.24, 2.45) is 0 Å². The van der Waals surface area contributed by atoms with Crippen LogP contribution in [0.15, 0.2) is 48.0 Å². The van der Waals surface area contributed by atoms with E-state index >= 15 is 0 Å². The number of fused-ring (bicyclic) bond motifs is 1. The lowest BCUT2D eigenvalue weighted by molar-refractivity contribution is 0.0847. The lowest BCUT2D eigenvalue weighted by atomic mass is 10.2. The average molecular weight is 332 g/mol. The van der Waals surface area contributed by atoms with Crippen molar-refractivity contribution in [1.82, 2.24) is 15.8 Å². The lowest BCUT2D eigenvalue weighted by Crippen LogP contribution is -2.41. The Labute approximate surface area is 134 Å². The molecule has 2 N–H and O–H groups in total. The van der Waals surface area contributed by atoms with Crippen LogP contribution in [0.5, 0.6) is 0 Å². The second kappa shape index (κ2) is 6.13. The number of hydrogen-bond acceptors (Lipinski definition) is 4. The van der Waals surface area contributed by atoms with E-state index in [1.54, 1.807) is 41.9 Å². The molecule has 0 aliphatic rings. The van der Waals surface area contributed by atoms with Gasteiger partial charge in [-0.1, -0.05) is 17.7 Å². The molecule has 0 saturated carbocycles. The van der Waals surface area contributed by atoms with Gasteiger partial charge in [0, 0.05) is 16.1 Å². The van der Waals surface area contributed by atoms with Crippen molar-refractivity contribution in [3.63, 3.8) is 0 Å². The minimum absolute atomic E-state index is 0.366. The van der Waals surface area contributed by atoms with E-state index in [0.29, 0.717) is 16.1 Å². The number of nitrogens with zero attached hydrogens (tertiary/aromatic N) is 1. The molecule has 0 saturated heterocycles. The normalized spacial score (nSPS) is 10.4. The van der Waals surface area contributed by atoms with Crippen molar-refractivity contribution >= 4 is 45.0 Å². The molecular formula is C15H10ClN3O2S. The van der Waals surface area contributed by atoms with Crippen LogP contribution in [0, 0.1) is 0 Å². The largest absolute Gasteiger partial charge is 0.269 e. The third-order valence-corrected chi connectivity index (χ3v) is 4.00. The van der Waals surface area contributed by atoms with Crippen molar-refractivity contribution in [1.29, 1.82) is 0 Å². The van der Waals surface area contributed by atoms with Crippen molar-refractivity contribution < 1.29 is 9.59 Å². The molecule has 0 atom stereocenters. The summed E-state index contributed by atoms with van der Waals surface area (Å²) in [6, 6.07) is 11.6. The summed E-state index contributed by atoms with van der Waals surface area (Å²) in [5.74, 6) is -0.833. The Morgan fingerprint density at radius 1 is 1.00 bits per heavy atom. The predicted octanol–water partition coefficient (Wildman–Crippen LogP) is 3.02. The van der Waals surface area contributed by atoms with Gasteiger partial charge < -0.3 is 0 Å². The molecule has 0 aliphatic heterocycles. The van der Waals surface area contributed by atoms with E-state index in [0.717, 1.165) is 10.2 Å². The number of carbonyl (C=O) groups excluding carboxylic acids is 2. The van der Waals surface area contributed by atoms with Crippen molar-refractivity contribution in [3.05, 3.63) is 64.1 Å². The van der Waals surface area contributed by atoms with E-state index < -0.39 is 11.8 Å². The number of hydrogen-bond donors (Lipinski definition) is 2. The molecule has 110 valence electrons. The number of nitrogens with one attached hydrogen (secondary N) is 2. The smallest absolute Gasteiger partial charge is 0.267 e. The molecule has 7 heteroatoms. The molecule has 0 radical (unpaired) electrons. The summed E-state index contributed by atoms with van der Waals surface area (Å²) in [6.45, 7) is 0. The van der Waals surface area contributed by atoms with E-state index in [2.05, 4.69) is 15.8 Å². The summed E-state index contributed by atoms with van der Waals surface area (Å²) in [7, 11) is 0. The van der Waals surface area contributed by atoms with Crippen LogP contribution < -0.4 is 10.9 Å². The molecule has 1 heterocycles. The van der Waals surface area contributed by atoms with Crippen LogP contribution in [0.3, 0.4) is 0 Å². The van der Waals surface area contributed by atoms with E-state index in [9.17, 15) is 9.59 Å². The lowest BCUT2D eigenvalue weighted by Gasteiger charge is -2.07. The number of thiazole rings is 1. The number of amides is 2. The van der Waals surface area contributed by atoms with E-state index in [1.165, 1.54) is 17.4 Å². The Bertz CT molecular complexity index is 863. The van der Waals surface area contributed by atoms with E-state index in [4.69, 9.17) is 11.6 Å². The summed E-state index contributed by atoms with van der Waals surface area (Å²) < 4.78 is 0.911. The van der Waals surface area contributed by atoms with Crippen LogP contribution >= 0.6 is 22.9 Å². The maximum absolute atomic E-state index is 12.0. The van der Waals surface area contributed by atoms with Crippen LogP contribution in [-0.2, 0) is 0 Å². The topological polar surface area (TPSA) is 71.1 Å². The second-order valence-electron chi connectivity index (χ2n) is 4.45. The first-order valence-electron chi connectivity index (χ1n) is 6.33. The van der Waals surface area contributed by atoms with Crippen molar-refractivity contribution in [3.8, 4) is 0 Å². The number of hydrazine groups is 1. The third-order valence-electron chi connectivity index (χ3n) is 2.97. The number of benzene rings is 2. The van der Waals surface area contributed by atoms with Crippen LogP contribution in [0.25, 0.3) is 10.2 Å². The van der Waals surface area contributed by atoms with Gasteiger partial charge in [0.1, 0.15) is 0 Å². The van der Waals surface area contributed by atoms with Crippen LogP contribution in [-0.4, -0.2) is 16.8 Å². The minimum atomic E-state index is -0.435. The number of carbonyl (C=O) groups is 2. The van der Waals surface area contributed by atoms with Gasteiger partial charge in [-0.3, -0.25) is 20.4 Å². The molecule has 2 amide bonds. The number of halogens is 1. The second-order valence-corrected chi connectivity index (χ2v) is 5.78.